The Kier molecular flexibility index (Phi) is 5.84. The fraction of sp³-hybridized carbons (Fsp3) is 0.429. The van der Waals surface area contributed by atoms with Gasteiger partial charge in [-0.25, -0.2) is 14.9 Å². The molecule has 2 aliphatic rings. The summed E-state index contributed by atoms with van der Waals surface area (Å²) in [5.41, 5.74) is 4.51. The second-order valence-corrected chi connectivity index (χ2v) is 10.2. The lowest BCUT2D eigenvalue weighted by Crippen LogP contribution is -2.68. The minimum atomic E-state index is -4.41. The summed E-state index contributed by atoms with van der Waals surface area (Å²) in [6.07, 6.45) is -1.58. The Hall–Kier alpha value is -2.25. The summed E-state index contributed by atoms with van der Waals surface area (Å²) in [4.78, 5) is 6.58. The van der Waals surface area contributed by atoms with Crippen LogP contribution < -0.4 is 10.3 Å². The van der Waals surface area contributed by atoms with Gasteiger partial charge in [0.15, 0.2) is 5.82 Å². The number of anilines is 1. The minimum Gasteiger partial charge on any atom is -0.759 e. The van der Waals surface area contributed by atoms with Gasteiger partial charge in [-0.05, 0) is 49.1 Å². The van der Waals surface area contributed by atoms with Crippen molar-refractivity contribution in [2.24, 2.45) is 5.41 Å². The lowest BCUT2D eigenvalue weighted by atomic mass is 9.61. The SMILES string of the molecule is Cc1cc(Cl)n2ncnc(N3CC4(CC(N(NCc5ccc(C(F)(F)F)cc5)S(=O)[O-])C4)C3)c12. The highest BCUT2D eigenvalue weighted by Gasteiger charge is 2.55. The molecule has 1 atom stereocenters. The molecule has 13 heteroatoms. The second kappa shape index (κ2) is 8.45. The van der Waals surface area contributed by atoms with E-state index in [-0.39, 0.29) is 18.0 Å². The van der Waals surface area contributed by atoms with Crippen LogP contribution in [0, 0.1) is 12.3 Å². The van der Waals surface area contributed by atoms with Crippen LogP contribution in [0.3, 0.4) is 0 Å². The summed E-state index contributed by atoms with van der Waals surface area (Å²) in [6.45, 7) is 3.55. The predicted molar refractivity (Wildman–Crippen MR) is 119 cm³/mol. The number of nitrogens with one attached hydrogen (secondary N) is 1. The average molecular weight is 514 g/mol. The van der Waals surface area contributed by atoms with Gasteiger partial charge in [0.05, 0.1) is 5.56 Å². The molecule has 1 saturated heterocycles. The molecule has 2 aromatic heterocycles. The molecule has 5 rings (SSSR count). The third-order valence-corrected chi connectivity index (χ3v) is 7.60. The molecule has 182 valence electrons. The smallest absolute Gasteiger partial charge is 0.416 e. The number of fused-ring (bicyclic) bond motifs is 1. The number of hydrazine groups is 1. The van der Waals surface area contributed by atoms with E-state index in [1.807, 2.05) is 13.0 Å². The van der Waals surface area contributed by atoms with Crippen molar-refractivity contribution in [1.82, 2.24) is 24.4 Å². The fourth-order valence-corrected chi connectivity index (χ4v) is 5.81. The van der Waals surface area contributed by atoms with Crippen LogP contribution in [0.5, 0.6) is 0 Å². The molecular weight excluding hydrogens is 493 g/mol. The summed E-state index contributed by atoms with van der Waals surface area (Å²) in [5, 5.41) is 4.71. The molecule has 34 heavy (non-hydrogen) atoms. The van der Waals surface area contributed by atoms with E-state index in [0.29, 0.717) is 23.6 Å². The Bertz CT molecular complexity index is 1240. The first-order valence-electron chi connectivity index (χ1n) is 10.6. The number of benzene rings is 1. The Morgan fingerprint density at radius 3 is 2.59 bits per heavy atom. The molecule has 0 amide bonds. The average Bonchev–Trinajstić information content (AvgIpc) is 3.01. The lowest BCUT2D eigenvalue weighted by Gasteiger charge is -2.61. The van der Waals surface area contributed by atoms with Gasteiger partial charge in [0.2, 0.25) is 0 Å². The third-order valence-electron chi connectivity index (χ3n) is 6.58. The molecular formula is C21H21ClF3N6O2S-. The zero-order valence-corrected chi connectivity index (χ0v) is 19.6. The summed E-state index contributed by atoms with van der Waals surface area (Å²) in [6, 6.07) is 6.28. The quantitative estimate of drug-likeness (QED) is 0.401. The molecule has 1 N–H and O–H groups in total. The molecule has 2 fully saturated rings. The van der Waals surface area contributed by atoms with Crippen molar-refractivity contribution in [3.63, 3.8) is 0 Å². The van der Waals surface area contributed by atoms with E-state index in [9.17, 15) is 21.9 Å². The van der Waals surface area contributed by atoms with E-state index < -0.39 is 23.0 Å². The van der Waals surface area contributed by atoms with E-state index in [1.165, 1.54) is 22.9 Å². The predicted octanol–water partition coefficient (Wildman–Crippen LogP) is 3.48. The van der Waals surface area contributed by atoms with Gasteiger partial charge < -0.3 is 9.45 Å². The van der Waals surface area contributed by atoms with Crippen LogP contribution in [0.1, 0.15) is 29.5 Å². The molecule has 0 bridgehead atoms. The fourth-order valence-electron chi connectivity index (χ4n) is 4.95. The van der Waals surface area contributed by atoms with Gasteiger partial charge in [-0.15, -0.1) is 0 Å². The van der Waals surface area contributed by atoms with Crippen molar-refractivity contribution in [2.45, 2.75) is 38.5 Å². The van der Waals surface area contributed by atoms with Crippen molar-refractivity contribution < 1.29 is 21.9 Å². The highest BCUT2D eigenvalue weighted by Crippen LogP contribution is 2.51. The van der Waals surface area contributed by atoms with Crippen molar-refractivity contribution in [3.05, 3.63) is 58.5 Å². The largest absolute Gasteiger partial charge is 0.759 e. The van der Waals surface area contributed by atoms with Crippen molar-refractivity contribution >= 4 is 34.2 Å². The first-order valence-corrected chi connectivity index (χ1v) is 12.0. The molecule has 0 radical (unpaired) electrons. The van der Waals surface area contributed by atoms with Gasteiger partial charge >= 0.3 is 6.18 Å². The number of hydrogen-bond acceptors (Lipinski definition) is 6. The van der Waals surface area contributed by atoms with Gasteiger partial charge in [0, 0.05) is 42.4 Å². The summed E-state index contributed by atoms with van der Waals surface area (Å²) in [7, 11) is 0. The number of aryl methyl sites for hydroxylation is 1. The maximum atomic E-state index is 12.7. The number of alkyl halides is 3. The van der Waals surface area contributed by atoms with Gasteiger partial charge in [-0.3, -0.25) is 4.21 Å². The number of rotatable bonds is 6. The van der Waals surface area contributed by atoms with Crippen molar-refractivity contribution in [2.75, 3.05) is 18.0 Å². The van der Waals surface area contributed by atoms with Crippen LogP contribution in [-0.2, 0) is 24.0 Å². The molecule has 3 aromatic rings. The van der Waals surface area contributed by atoms with Crippen molar-refractivity contribution in [1.29, 1.82) is 0 Å². The first kappa shape index (κ1) is 23.5. The number of nitrogens with zero attached hydrogens (tertiary/aromatic N) is 5. The number of halogens is 4. The standard InChI is InChI=1S/C21H22ClF3N6O2S/c1-13-6-17(22)30-18(13)19(26-12-28-30)29-10-20(11-29)7-16(8-20)31(34(32)33)27-9-14-2-4-15(5-3-14)21(23,24)25/h2-6,12,16,27H,7-11H2,1H3,(H,32,33)/p-1. The first-order chi connectivity index (χ1) is 16.1. The molecule has 1 aliphatic heterocycles. The molecule has 1 saturated carbocycles. The number of aromatic nitrogens is 3. The van der Waals surface area contributed by atoms with Crippen LogP contribution in [0.25, 0.3) is 5.52 Å². The molecule has 1 aliphatic carbocycles. The van der Waals surface area contributed by atoms with E-state index in [2.05, 4.69) is 20.4 Å². The zero-order valence-electron chi connectivity index (χ0n) is 18.0. The van der Waals surface area contributed by atoms with E-state index in [1.54, 1.807) is 4.52 Å². The third kappa shape index (κ3) is 4.17. The Labute approximate surface area is 201 Å². The maximum Gasteiger partial charge on any atom is 0.416 e. The Balaban J connectivity index is 1.19. The molecule has 8 nitrogen and oxygen atoms in total. The zero-order chi connectivity index (χ0) is 24.3. The van der Waals surface area contributed by atoms with Crippen LogP contribution in [-0.4, -0.2) is 46.9 Å². The molecule has 1 spiro atoms. The number of hydrogen-bond donors (Lipinski definition) is 1. The highest BCUT2D eigenvalue weighted by atomic mass is 35.5. The maximum absolute atomic E-state index is 12.7. The van der Waals surface area contributed by atoms with Gasteiger partial charge in [-0.1, -0.05) is 23.7 Å². The molecule has 1 unspecified atom stereocenters. The van der Waals surface area contributed by atoms with E-state index in [0.717, 1.165) is 42.1 Å². The summed E-state index contributed by atoms with van der Waals surface area (Å²) >= 11 is 3.72. The Morgan fingerprint density at radius 2 is 1.97 bits per heavy atom. The van der Waals surface area contributed by atoms with Gasteiger partial charge in [-0.2, -0.15) is 22.7 Å². The Morgan fingerprint density at radius 1 is 1.29 bits per heavy atom. The van der Waals surface area contributed by atoms with E-state index >= 15 is 0 Å². The van der Waals surface area contributed by atoms with Crippen LogP contribution in [0.4, 0.5) is 19.0 Å². The van der Waals surface area contributed by atoms with Crippen molar-refractivity contribution in [3.8, 4) is 0 Å². The van der Waals surface area contributed by atoms with Crippen LogP contribution in [0.15, 0.2) is 36.7 Å². The molecule has 3 heterocycles. The monoisotopic (exact) mass is 513 g/mol. The lowest BCUT2D eigenvalue weighted by molar-refractivity contribution is -0.137. The topological polar surface area (TPSA) is 88.8 Å². The minimum absolute atomic E-state index is 0.00452. The molecule has 1 aromatic carbocycles. The summed E-state index contributed by atoms with van der Waals surface area (Å²) < 4.78 is 64.6. The summed E-state index contributed by atoms with van der Waals surface area (Å²) in [5.74, 6) is 0.804. The normalized spacial score (nSPS) is 19.0. The second-order valence-electron chi connectivity index (χ2n) is 8.98. The highest BCUT2D eigenvalue weighted by molar-refractivity contribution is 7.76. The van der Waals surface area contributed by atoms with Crippen LogP contribution in [0.2, 0.25) is 5.15 Å². The van der Waals surface area contributed by atoms with Gasteiger partial charge in [0.25, 0.3) is 0 Å². The van der Waals surface area contributed by atoms with Crippen LogP contribution >= 0.6 is 11.6 Å². The van der Waals surface area contributed by atoms with Gasteiger partial charge in [0.1, 0.15) is 17.0 Å². The van der Waals surface area contributed by atoms with E-state index in [4.69, 9.17) is 11.6 Å².